The Morgan fingerprint density at radius 2 is 1.62 bits per heavy atom. The molecule has 1 unspecified atom stereocenters. The number of ether oxygens (including phenoxy) is 2. The lowest BCUT2D eigenvalue weighted by molar-refractivity contribution is -0.144. The van der Waals surface area contributed by atoms with Gasteiger partial charge in [0.05, 0.1) is 0 Å². The number of carboxylic acids is 1. The van der Waals surface area contributed by atoms with Crippen molar-refractivity contribution in [1.29, 1.82) is 0 Å². The Kier molecular flexibility index (Phi) is 8.29. The minimum absolute atomic E-state index is 0.103. The van der Waals surface area contributed by atoms with Crippen LogP contribution in [0.4, 0.5) is 9.59 Å². The summed E-state index contributed by atoms with van der Waals surface area (Å²) >= 11 is 0. The summed E-state index contributed by atoms with van der Waals surface area (Å²) in [6, 6.07) is 16.0. The maximum atomic E-state index is 12.5. The Morgan fingerprint density at radius 3 is 2.21 bits per heavy atom. The zero-order valence-corrected chi connectivity index (χ0v) is 19.2. The third-order valence-corrected chi connectivity index (χ3v) is 5.90. The summed E-state index contributed by atoms with van der Waals surface area (Å²) in [6.45, 7) is 5.46. The van der Waals surface area contributed by atoms with E-state index in [9.17, 15) is 19.5 Å². The van der Waals surface area contributed by atoms with Gasteiger partial charge in [0.25, 0.3) is 0 Å². The van der Waals surface area contributed by atoms with Crippen LogP contribution in [0.5, 0.6) is 0 Å². The molecule has 0 aliphatic heterocycles. The molecule has 1 aliphatic rings. The summed E-state index contributed by atoms with van der Waals surface area (Å²) in [5, 5.41) is 14.8. The second-order valence-corrected chi connectivity index (χ2v) is 8.36. The minimum Gasteiger partial charge on any atom is -0.480 e. The molecule has 1 atom stereocenters. The fourth-order valence-electron chi connectivity index (χ4n) is 4.06. The van der Waals surface area contributed by atoms with Crippen molar-refractivity contribution in [1.82, 2.24) is 10.6 Å². The highest BCUT2D eigenvalue weighted by Crippen LogP contribution is 2.44. The van der Waals surface area contributed by atoms with E-state index < -0.39 is 23.7 Å². The van der Waals surface area contributed by atoms with E-state index in [4.69, 9.17) is 9.47 Å². The van der Waals surface area contributed by atoms with Crippen LogP contribution in [0.2, 0.25) is 0 Å². The first kappa shape index (κ1) is 24.8. The molecule has 0 saturated heterocycles. The molecule has 8 nitrogen and oxygen atoms in total. The number of carboxylic acid groups (broad SMARTS) is 1. The number of carbonyl (C=O) groups excluding carboxylic acids is 2. The average Bonchev–Trinajstić information content (AvgIpc) is 3.15. The van der Waals surface area contributed by atoms with E-state index in [-0.39, 0.29) is 25.6 Å². The van der Waals surface area contributed by atoms with Crippen LogP contribution in [0.3, 0.4) is 0 Å². The van der Waals surface area contributed by atoms with Gasteiger partial charge < -0.3 is 25.2 Å². The second-order valence-electron chi connectivity index (χ2n) is 8.36. The van der Waals surface area contributed by atoms with Crippen molar-refractivity contribution in [2.75, 3.05) is 19.8 Å². The summed E-state index contributed by atoms with van der Waals surface area (Å²) in [7, 11) is 0. The molecule has 180 valence electrons. The molecule has 8 heteroatoms. The Morgan fingerprint density at radius 1 is 1.00 bits per heavy atom. The lowest BCUT2D eigenvalue weighted by atomic mass is 9.95. The predicted molar refractivity (Wildman–Crippen MR) is 128 cm³/mol. The van der Waals surface area contributed by atoms with Gasteiger partial charge in [0, 0.05) is 12.5 Å². The van der Waals surface area contributed by atoms with E-state index in [0.29, 0.717) is 19.4 Å². The Hall–Kier alpha value is -3.81. The highest BCUT2D eigenvalue weighted by molar-refractivity contribution is 5.84. The van der Waals surface area contributed by atoms with Gasteiger partial charge in [-0.25, -0.2) is 14.4 Å². The van der Waals surface area contributed by atoms with Crippen molar-refractivity contribution in [3.8, 4) is 11.1 Å². The molecule has 1 aliphatic carbocycles. The first-order valence-corrected chi connectivity index (χ1v) is 11.2. The molecule has 2 amide bonds. The fraction of sp³-hybridized carbons (Fsp3) is 0.346. The molecule has 0 spiro atoms. The van der Waals surface area contributed by atoms with Crippen LogP contribution in [0.25, 0.3) is 11.1 Å². The average molecular weight is 467 g/mol. The monoisotopic (exact) mass is 466 g/mol. The Labute approximate surface area is 199 Å². The zero-order valence-electron chi connectivity index (χ0n) is 19.2. The van der Waals surface area contributed by atoms with Crippen LogP contribution >= 0.6 is 0 Å². The van der Waals surface area contributed by atoms with Gasteiger partial charge in [-0.1, -0.05) is 61.2 Å². The molecule has 0 saturated carbocycles. The quantitative estimate of drug-likeness (QED) is 0.333. The van der Waals surface area contributed by atoms with Gasteiger partial charge in [-0.3, -0.25) is 0 Å². The van der Waals surface area contributed by atoms with E-state index in [1.54, 1.807) is 0 Å². The number of unbranched alkanes of at least 4 members (excludes halogenated alkanes) is 1. The number of rotatable bonds is 11. The second kappa shape index (κ2) is 11.4. The first-order valence-electron chi connectivity index (χ1n) is 11.2. The number of benzene rings is 2. The van der Waals surface area contributed by atoms with Gasteiger partial charge in [0.2, 0.25) is 0 Å². The van der Waals surface area contributed by atoms with E-state index in [1.807, 2.05) is 48.5 Å². The smallest absolute Gasteiger partial charge is 0.408 e. The van der Waals surface area contributed by atoms with Crippen molar-refractivity contribution in [2.24, 2.45) is 0 Å². The van der Waals surface area contributed by atoms with Crippen LogP contribution in [-0.4, -0.2) is 48.6 Å². The van der Waals surface area contributed by atoms with Crippen LogP contribution in [0.15, 0.2) is 61.2 Å². The highest BCUT2D eigenvalue weighted by atomic mass is 16.6. The molecule has 0 radical (unpaired) electrons. The van der Waals surface area contributed by atoms with Crippen LogP contribution in [0.1, 0.15) is 43.2 Å². The van der Waals surface area contributed by atoms with Gasteiger partial charge in [0.15, 0.2) is 0 Å². The van der Waals surface area contributed by atoms with Crippen molar-refractivity contribution < 1.29 is 29.0 Å². The maximum Gasteiger partial charge on any atom is 0.408 e. The minimum atomic E-state index is -1.49. The van der Waals surface area contributed by atoms with Crippen molar-refractivity contribution in [3.05, 3.63) is 72.3 Å². The van der Waals surface area contributed by atoms with Gasteiger partial charge in [-0.2, -0.15) is 0 Å². The van der Waals surface area contributed by atoms with Crippen molar-refractivity contribution >= 4 is 18.2 Å². The summed E-state index contributed by atoms with van der Waals surface area (Å²) in [6.07, 6.45) is 1.30. The number of amides is 2. The number of carbonyl (C=O) groups is 3. The Balaban J connectivity index is 1.52. The van der Waals surface area contributed by atoms with Crippen LogP contribution < -0.4 is 10.6 Å². The van der Waals surface area contributed by atoms with E-state index >= 15 is 0 Å². The van der Waals surface area contributed by atoms with Gasteiger partial charge in [0.1, 0.15) is 18.8 Å². The van der Waals surface area contributed by atoms with Gasteiger partial charge in [-0.15, -0.1) is 0 Å². The molecule has 2 aromatic rings. The van der Waals surface area contributed by atoms with Gasteiger partial charge in [-0.05, 0) is 48.4 Å². The molecule has 0 heterocycles. The SMILES string of the molecule is C=CCOC(=O)NCCCCC(C)(NC(=O)OCC1c2ccccc2-c2ccccc21)C(=O)O. The number of fused-ring (bicyclic) bond motifs is 3. The van der Waals surface area contributed by atoms with Crippen molar-refractivity contribution in [3.63, 3.8) is 0 Å². The summed E-state index contributed by atoms with van der Waals surface area (Å²) in [5.74, 6) is -1.26. The fourth-order valence-corrected chi connectivity index (χ4v) is 4.06. The topological polar surface area (TPSA) is 114 Å². The molecular formula is C26H30N2O6. The van der Waals surface area contributed by atoms with Crippen molar-refractivity contribution in [2.45, 2.75) is 37.6 Å². The Bertz CT molecular complexity index is 1010. The number of aliphatic carboxylic acids is 1. The van der Waals surface area contributed by atoms with Gasteiger partial charge >= 0.3 is 18.2 Å². The molecule has 0 fully saturated rings. The number of alkyl carbamates (subject to hydrolysis) is 2. The third kappa shape index (κ3) is 5.95. The molecule has 3 rings (SSSR count). The van der Waals surface area contributed by atoms with E-state index in [1.165, 1.54) is 13.0 Å². The van der Waals surface area contributed by atoms with Crippen LogP contribution in [-0.2, 0) is 14.3 Å². The summed E-state index contributed by atoms with van der Waals surface area (Å²) < 4.78 is 10.3. The largest absolute Gasteiger partial charge is 0.480 e. The summed E-state index contributed by atoms with van der Waals surface area (Å²) in [4.78, 5) is 35.8. The lowest BCUT2D eigenvalue weighted by Gasteiger charge is -2.26. The number of nitrogens with one attached hydrogen (secondary N) is 2. The molecule has 3 N–H and O–H groups in total. The first-order chi connectivity index (χ1) is 16.4. The molecule has 34 heavy (non-hydrogen) atoms. The maximum absolute atomic E-state index is 12.5. The molecule has 0 aromatic heterocycles. The standard InChI is InChI=1S/C26H30N2O6/c1-3-16-33-24(31)27-15-9-8-14-26(2,23(29)30)28-25(32)34-17-22-20-12-6-4-10-18(20)19-11-5-7-13-21(19)22/h3-7,10-13,22H,1,8-9,14-17H2,2H3,(H,27,31)(H,28,32)(H,29,30). The van der Waals surface area contributed by atoms with Crippen LogP contribution in [0, 0.1) is 0 Å². The zero-order chi connectivity index (χ0) is 24.6. The summed E-state index contributed by atoms with van der Waals surface area (Å²) in [5.41, 5.74) is 2.90. The van der Waals surface area contributed by atoms with E-state index in [2.05, 4.69) is 17.2 Å². The molecule has 2 aromatic carbocycles. The number of hydrogen-bond acceptors (Lipinski definition) is 5. The highest BCUT2D eigenvalue weighted by Gasteiger charge is 2.36. The van der Waals surface area contributed by atoms with E-state index in [0.717, 1.165) is 22.3 Å². The predicted octanol–water partition coefficient (Wildman–Crippen LogP) is 4.45. The normalized spacial score (nSPS) is 13.7. The third-order valence-electron chi connectivity index (χ3n) is 5.90. The number of hydrogen-bond donors (Lipinski definition) is 3. The molecule has 0 bridgehead atoms. The lowest BCUT2D eigenvalue weighted by Crippen LogP contribution is -2.52. The molecular weight excluding hydrogens is 436 g/mol.